The maximum atomic E-state index is 12.6. The Hall–Kier alpha value is -2.28. The average Bonchev–Trinajstić information content (AvgIpc) is 3.13. The second kappa shape index (κ2) is 5.98. The number of urea groups is 1. The van der Waals surface area contributed by atoms with E-state index in [0.29, 0.717) is 23.8 Å². The van der Waals surface area contributed by atoms with Gasteiger partial charge in [0.1, 0.15) is 5.52 Å². The van der Waals surface area contributed by atoms with Crippen LogP contribution in [0, 0.1) is 0 Å². The number of nitrogens with one attached hydrogen (secondary N) is 1. The summed E-state index contributed by atoms with van der Waals surface area (Å²) >= 11 is 0. The molecule has 7 nitrogen and oxygen atoms in total. The Balaban J connectivity index is 1.78. The highest BCUT2D eigenvalue weighted by atomic mass is 16.4. The number of benzene rings is 1. The molecule has 1 fully saturated rings. The number of nitrogens with zero attached hydrogens (tertiary/aromatic N) is 3. The van der Waals surface area contributed by atoms with Crippen molar-refractivity contribution in [2.75, 3.05) is 30.9 Å². The second-order valence-electron chi connectivity index (χ2n) is 7.01. The molecule has 1 saturated heterocycles. The molecule has 1 unspecified atom stereocenters. The number of fused-ring (bicyclic) bond motifs is 1. The molecule has 2 amide bonds. The van der Waals surface area contributed by atoms with Crippen molar-refractivity contribution in [3.63, 3.8) is 0 Å². The third kappa shape index (κ3) is 3.17. The van der Waals surface area contributed by atoms with Crippen molar-refractivity contribution in [1.29, 1.82) is 0 Å². The molecule has 1 aliphatic rings. The number of anilines is 2. The fourth-order valence-electron chi connectivity index (χ4n) is 3.12. The maximum Gasteiger partial charge on any atom is 0.322 e. The summed E-state index contributed by atoms with van der Waals surface area (Å²) in [6.45, 7) is 4.13. The van der Waals surface area contributed by atoms with Crippen molar-refractivity contribution in [3.8, 4) is 0 Å². The third-order valence-corrected chi connectivity index (χ3v) is 4.34. The van der Waals surface area contributed by atoms with E-state index in [1.165, 1.54) is 0 Å². The van der Waals surface area contributed by atoms with Crippen LogP contribution in [-0.2, 0) is 0 Å². The van der Waals surface area contributed by atoms with Crippen LogP contribution in [0.1, 0.15) is 26.7 Å². The summed E-state index contributed by atoms with van der Waals surface area (Å²) in [5.74, 6) is 0. The van der Waals surface area contributed by atoms with Crippen molar-refractivity contribution >= 4 is 28.8 Å². The summed E-state index contributed by atoms with van der Waals surface area (Å²) in [7, 11) is 3.72. The second-order valence-corrected chi connectivity index (χ2v) is 7.01. The molecule has 7 heteroatoms. The van der Waals surface area contributed by atoms with Crippen molar-refractivity contribution in [2.45, 2.75) is 38.3 Å². The lowest BCUT2D eigenvalue weighted by atomic mass is 9.97. The molecule has 2 aromatic rings. The van der Waals surface area contributed by atoms with Gasteiger partial charge >= 0.3 is 6.03 Å². The number of rotatable bonds is 3. The molecule has 2 N–H and O–H groups in total. The van der Waals surface area contributed by atoms with Crippen LogP contribution >= 0.6 is 0 Å². The minimum absolute atomic E-state index is 0.174. The number of hydrogen-bond acceptors (Lipinski definition) is 5. The lowest BCUT2D eigenvalue weighted by molar-refractivity contribution is 0.0117. The van der Waals surface area contributed by atoms with Gasteiger partial charge in [-0.1, -0.05) is 0 Å². The summed E-state index contributed by atoms with van der Waals surface area (Å²) < 4.78 is 5.66. The molecule has 3 rings (SSSR count). The van der Waals surface area contributed by atoms with E-state index in [1.807, 2.05) is 20.2 Å². The number of aliphatic hydroxyl groups is 1. The molecule has 2 heterocycles. The molecule has 1 aromatic carbocycles. The van der Waals surface area contributed by atoms with Crippen LogP contribution in [0.15, 0.2) is 22.6 Å². The highest BCUT2D eigenvalue weighted by Crippen LogP contribution is 2.28. The van der Waals surface area contributed by atoms with Crippen molar-refractivity contribution in [3.05, 3.63) is 18.2 Å². The van der Waals surface area contributed by atoms with Gasteiger partial charge in [-0.2, -0.15) is 4.98 Å². The molecule has 0 bridgehead atoms. The Kier molecular flexibility index (Phi) is 4.13. The van der Waals surface area contributed by atoms with Crippen LogP contribution < -0.4 is 10.2 Å². The van der Waals surface area contributed by atoms with E-state index in [-0.39, 0.29) is 12.1 Å². The zero-order chi connectivity index (χ0) is 17.5. The van der Waals surface area contributed by atoms with Gasteiger partial charge in [-0.05, 0) is 38.8 Å². The molecular formula is C17H24N4O3. The summed E-state index contributed by atoms with van der Waals surface area (Å²) in [6, 6.07) is 5.53. The van der Waals surface area contributed by atoms with E-state index >= 15 is 0 Å². The number of amides is 2. The van der Waals surface area contributed by atoms with E-state index in [0.717, 1.165) is 18.4 Å². The number of likely N-dealkylation sites (tertiary alicyclic amines) is 1. The van der Waals surface area contributed by atoms with Gasteiger partial charge in [0, 0.05) is 32.4 Å². The summed E-state index contributed by atoms with van der Waals surface area (Å²) in [5, 5.41) is 13.1. The highest BCUT2D eigenvalue weighted by Gasteiger charge is 2.38. The monoisotopic (exact) mass is 332 g/mol. The van der Waals surface area contributed by atoms with Gasteiger partial charge in [-0.25, -0.2) is 4.79 Å². The van der Waals surface area contributed by atoms with Crippen LogP contribution in [0.25, 0.3) is 11.1 Å². The van der Waals surface area contributed by atoms with Gasteiger partial charge in [-0.15, -0.1) is 0 Å². The maximum absolute atomic E-state index is 12.6. The van der Waals surface area contributed by atoms with Crippen molar-refractivity contribution < 1.29 is 14.3 Å². The fourth-order valence-corrected chi connectivity index (χ4v) is 3.12. The van der Waals surface area contributed by atoms with Crippen molar-refractivity contribution in [2.24, 2.45) is 0 Å². The summed E-state index contributed by atoms with van der Waals surface area (Å²) in [5.41, 5.74) is 1.10. The zero-order valence-corrected chi connectivity index (χ0v) is 14.5. The minimum atomic E-state index is -0.913. The predicted molar refractivity (Wildman–Crippen MR) is 93.4 cm³/mol. The standard InChI is InChI=1S/C17H24N4O3/c1-17(2,23)14-6-5-9-21(14)15(22)18-11-7-8-12-13(10-11)24-16(19-12)20(3)4/h7-8,10,14,23H,5-6,9H2,1-4H3,(H,18,22). The largest absolute Gasteiger partial charge is 0.423 e. The Morgan fingerprint density at radius 2 is 2.21 bits per heavy atom. The summed E-state index contributed by atoms with van der Waals surface area (Å²) in [4.78, 5) is 20.4. The number of aromatic nitrogens is 1. The Morgan fingerprint density at radius 1 is 1.46 bits per heavy atom. The van der Waals surface area contributed by atoms with Gasteiger partial charge in [0.05, 0.1) is 11.6 Å². The number of carbonyl (C=O) groups is 1. The number of carbonyl (C=O) groups excluding carboxylic acids is 1. The third-order valence-electron chi connectivity index (χ3n) is 4.34. The van der Waals surface area contributed by atoms with Crippen LogP contribution in [0.4, 0.5) is 16.5 Å². The van der Waals surface area contributed by atoms with Crippen molar-refractivity contribution in [1.82, 2.24) is 9.88 Å². The molecule has 24 heavy (non-hydrogen) atoms. The molecule has 130 valence electrons. The Morgan fingerprint density at radius 3 is 2.88 bits per heavy atom. The SMILES string of the molecule is CN(C)c1nc2ccc(NC(=O)N3CCCC3C(C)(C)O)cc2o1. The fraction of sp³-hybridized carbons (Fsp3) is 0.529. The Labute approximate surface area is 141 Å². The number of hydrogen-bond donors (Lipinski definition) is 2. The van der Waals surface area contributed by atoms with E-state index in [4.69, 9.17) is 4.42 Å². The first-order chi connectivity index (χ1) is 11.3. The first-order valence-electron chi connectivity index (χ1n) is 8.13. The molecule has 1 aromatic heterocycles. The van der Waals surface area contributed by atoms with Gasteiger partial charge in [0.25, 0.3) is 6.01 Å². The highest BCUT2D eigenvalue weighted by molar-refractivity contribution is 5.92. The van der Waals surface area contributed by atoms with E-state index in [1.54, 1.807) is 35.8 Å². The molecule has 0 spiro atoms. The molecular weight excluding hydrogens is 308 g/mol. The Bertz CT molecular complexity index is 748. The zero-order valence-electron chi connectivity index (χ0n) is 14.5. The minimum Gasteiger partial charge on any atom is -0.423 e. The van der Waals surface area contributed by atoms with E-state index in [2.05, 4.69) is 10.3 Å². The van der Waals surface area contributed by atoms with Crippen LogP contribution in [0.2, 0.25) is 0 Å². The van der Waals surface area contributed by atoms with Crippen LogP contribution in [0.5, 0.6) is 0 Å². The van der Waals surface area contributed by atoms with Gasteiger partial charge in [0.2, 0.25) is 0 Å². The average molecular weight is 332 g/mol. The topological polar surface area (TPSA) is 81.8 Å². The molecule has 0 radical (unpaired) electrons. The molecule has 1 atom stereocenters. The van der Waals surface area contributed by atoms with Gasteiger partial charge < -0.3 is 24.6 Å². The van der Waals surface area contributed by atoms with Crippen LogP contribution in [-0.4, -0.2) is 53.3 Å². The van der Waals surface area contributed by atoms with Gasteiger partial charge in [-0.3, -0.25) is 0 Å². The van der Waals surface area contributed by atoms with E-state index < -0.39 is 5.60 Å². The first kappa shape index (κ1) is 16.6. The normalized spacial score (nSPS) is 18.2. The molecule has 0 saturated carbocycles. The smallest absolute Gasteiger partial charge is 0.322 e. The van der Waals surface area contributed by atoms with Gasteiger partial charge in [0.15, 0.2) is 5.58 Å². The van der Waals surface area contributed by atoms with Crippen LogP contribution in [0.3, 0.4) is 0 Å². The van der Waals surface area contributed by atoms with E-state index in [9.17, 15) is 9.90 Å². The number of oxazole rings is 1. The summed E-state index contributed by atoms with van der Waals surface area (Å²) in [6.07, 6.45) is 1.71. The lowest BCUT2D eigenvalue weighted by Gasteiger charge is -2.33. The molecule has 1 aliphatic heterocycles. The lowest BCUT2D eigenvalue weighted by Crippen LogP contribution is -2.49. The molecule has 0 aliphatic carbocycles. The quantitative estimate of drug-likeness (QED) is 0.903. The first-order valence-corrected chi connectivity index (χ1v) is 8.13. The predicted octanol–water partition coefficient (Wildman–Crippen LogP) is 2.66.